The van der Waals surface area contributed by atoms with Gasteiger partial charge in [0.2, 0.25) is 0 Å². The van der Waals surface area contributed by atoms with Gasteiger partial charge in [-0.05, 0) is 18.2 Å². The van der Waals surface area contributed by atoms with Crippen molar-refractivity contribution in [1.82, 2.24) is 9.97 Å². The molecule has 2 nitrogen and oxygen atoms in total. The second-order valence-corrected chi connectivity index (χ2v) is 5.55. The third-order valence-corrected chi connectivity index (χ3v) is 4.69. The molecule has 0 saturated heterocycles. The minimum absolute atomic E-state index is 0.762. The minimum Gasteiger partial charge on any atom is -0.236 e. The van der Waals surface area contributed by atoms with E-state index in [2.05, 4.69) is 22.1 Å². The predicted molar refractivity (Wildman–Crippen MR) is 74.1 cm³/mol. The minimum atomic E-state index is 0.762. The molecule has 86 valence electrons. The van der Waals surface area contributed by atoms with Gasteiger partial charge in [-0.2, -0.15) is 0 Å². The molecule has 1 aliphatic rings. The summed E-state index contributed by atoms with van der Waals surface area (Å²) < 4.78 is 0. The van der Waals surface area contributed by atoms with E-state index in [4.69, 9.17) is 11.6 Å². The quantitative estimate of drug-likeness (QED) is 0.473. The Morgan fingerprint density at radius 2 is 1.89 bits per heavy atom. The Morgan fingerprint density at radius 3 is 2.83 bits per heavy atom. The molecule has 18 heavy (non-hydrogen) atoms. The van der Waals surface area contributed by atoms with Gasteiger partial charge >= 0.3 is 0 Å². The second kappa shape index (κ2) is 3.70. The van der Waals surface area contributed by atoms with Crippen LogP contribution in [0.4, 0.5) is 0 Å². The smallest absolute Gasteiger partial charge is 0.116 e. The Kier molecular flexibility index (Phi) is 2.13. The number of hydrogen-bond acceptors (Lipinski definition) is 3. The summed E-state index contributed by atoms with van der Waals surface area (Å²) in [6, 6.07) is 12.1. The van der Waals surface area contributed by atoms with Gasteiger partial charge in [-0.1, -0.05) is 41.6 Å². The van der Waals surface area contributed by atoms with Crippen molar-refractivity contribution in [3.63, 3.8) is 0 Å². The summed E-state index contributed by atoms with van der Waals surface area (Å²) in [6.45, 7) is 0. The Balaban J connectivity index is 2.23. The molecule has 2 heterocycles. The number of fused-ring (bicyclic) bond motifs is 2. The van der Waals surface area contributed by atoms with Crippen LogP contribution in [0.15, 0.2) is 52.5 Å². The standard InChI is InChI=1S/C14H7ClN2S/c15-9-5-6-10-12-13(17-7-16-10)8-3-1-2-4-11(8)18-14(9)12/h1-7H. The van der Waals surface area contributed by atoms with E-state index < -0.39 is 0 Å². The van der Waals surface area contributed by atoms with Crippen molar-refractivity contribution in [2.24, 2.45) is 0 Å². The number of nitrogens with zero attached hydrogens (tertiary/aromatic N) is 2. The van der Waals surface area contributed by atoms with Gasteiger partial charge in [-0.15, -0.1) is 0 Å². The first-order valence-electron chi connectivity index (χ1n) is 5.55. The monoisotopic (exact) mass is 270 g/mol. The van der Waals surface area contributed by atoms with Crippen LogP contribution in [-0.4, -0.2) is 9.97 Å². The van der Waals surface area contributed by atoms with Gasteiger partial charge in [-0.3, -0.25) is 0 Å². The third-order valence-electron chi connectivity index (χ3n) is 3.06. The van der Waals surface area contributed by atoms with Crippen LogP contribution in [0.3, 0.4) is 0 Å². The zero-order valence-corrected chi connectivity index (χ0v) is 10.8. The molecular weight excluding hydrogens is 264 g/mol. The summed E-state index contributed by atoms with van der Waals surface area (Å²) >= 11 is 7.99. The van der Waals surface area contributed by atoms with E-state index >= 15 is 0 Å². The molecule has 3 aromatic rings. The lowest BCUT2D eigenvalue weighted by Gasteiger charge is -2.19. The van der Waals surface area contributed by atoms with Crippen LogP contribution in [0.5, 0.6) is 0 Å². The molecule has 0 aliphatic carbocycles. The third kappa shape index (κ3) is 1.32. The van der Waals surface area contributed by atoms with Crippen molar-refractivity contribution < 1.29 is 0 Å². The Bertz CT molecular complexity index is 786. The van der Waals surface area contributed by atoms with Crippen LogP contribution in [0.25, 0.3) is 22.2 Å². The number of hydrogen-bond donors (Lipinski definition) is 0. The van der Waals surface area contributed by atoms with E-state index in [1.807, 2.05) is 24.3 Å². The highest BCUT2D eigenvalue weighted by Gasteiger charge is 2.22. The summed E-state index contributed by atoms with van der Waals surface area (Å²) in [5.74, 6) is 0. The first-order valence-corrected chi connectivity index (χ1v) is 6.74. The molecular formula is C14H7ClN2S. The van der Waals surface area contributed by atoms with E-state index in [0.29, 0.717) is 0 Å². The topological polar surface area (TPSA) is 25.8 Å². The van der Waals surface area contributed by atoms with Crippen molar-refractivity contribution in [2.75, 3.05) is 0 Å². The summed E-state index contributed by atoms with van der Waals surface area (Å²) in [5, 5.41) is 1.83. The van der Waals surface area contributed by atoms with Crippen molar-refractivity contribution in [3.05, 3.63) is 47.7 Å². The maximum absolute atomic E-state index is 6.30. The first-order chi connectivity index (χ1) is 8.84. The van der Waals surface area contributed by atoms with E-state index in [9.17, 15) is 0 Å². The van der Waals surface area contributed by atoms with Gasteiger partial charge in [0, 0.05) is 20.7 Å². The van der Waals surface area contributed by atoms with Crippen LogP contribution in [0.2, 0.25) is 5.02 Å². The maximum Gasteiger partial charge on any atom is 0.116 e. The van der Waals surface area contributed by atoms with Crippen LogP contribution in [0.1, 0.15) is 0 Å². The average molecular weight is 271 g/mol. The molecule has 4 heteroatoms. The van der Waals surface area contributed by atoms with Crippen molar-refractivity contribution in [1.29, 1.82) is 0 Å². The zero-order valence-electron chi connectivity index (χ0n) is 9.22. The lowest BCUT2D eigenvalue weighted by molar-refractivity contribution is 1.19. The highest BCUT2D eigenvalue weighted by molar-refractivity contribution is 8.00. The molecule has 0 radical (unpaired) electrons. The van der Waals surface area contributed by atoms with Gasteiger partial charge in [-0.25, -0.2) is 9.97 Å². The van der Waals surface area contributed by atoms with Crippen LogP contribution in [-0.2, 0) is 0 Å². The van der Waals surface area contributed by atoms with E-state index in [1.54, 1.807) is 18.1 Å². The fourth-order valence-electron chi connectivity index (χ4n) is 2.26. The van der Waals surface area contributed by atoms with Gasteiger partial charge < -0.3 is 0 Å². The molecule has 0 bridgehead atoms. The fraction of sp³-hybridized carbons (Fsp3) is 0. The van der Waals surface area contributed by atoms with E-state index in [-0.39, 0.29) is 0 Å². The summed E-state index contributed by atoms with van der Waals surface area (Å²) in [5.41, 5.74) is 3.08. The maximum atomic E-state index is 6.30. The first kappa shape index (κ1) is 10.4. The Labute approximate surface area is 113 Å². The van der Waals surface area contributed by atoms with Gasteiger partial charge in [0.1, 0.15) is 6.33 Å². The SMILES string of the molecule is Clc1ccc2ncnc3c2c1Sc1ccccc1-3. The molecule has 2 aromatic carbocycles. The van der Waals surface area contributed by atoms with Gasteiger partial charge in [0.25, 0.3) is 0 Å². The van der Waals surface area contributed by atoms with Crippen LogP contribution >= 0.6 is 23.4 Å². The lowest BCUT2D eigenvalue weighted by atomic mass is 10.1. The zero-order chi connectivity index (χ0) is 12.1. The summed E-state index contributed by atoms with van der Waals surface area (Å²) in [7, 11) is 0. The van der Waals surface area contributed by atoms with Gasteiger partial charge in [0.05, 0.1) is 16.2 Å². The van der Waals surface area contributed by atoms with Crippen LogP contribution in [0, 0.1) is 0 Å². The second-order valence-electron chi connectivity index (χ2n) is 4.09. The molecule has 0 spiro atoms. The summed E-state index contributed by atoms with van der Waals surface area (Å²) in [4.78, 5) is 11.0. The molecule has 0 fully saturated rings. The Hall–Kier alpha value is -1.58. The molecule has 0 N–H and O–H groups in total. The number of halogens is 1. The summed E-state index contributed by atoms with van der Waals surface area (Å²) in [6.07, 6.45) is 1.61. The molecule has 4 rings (SSSR count). The molecule has 0 unspecified atom stereocenters. The van der Waals surface area contributed by atoms with Crippen molar-refractivity contribution in [2.45, 2.75) is 9.79 Å². The van der Waals surface area contributed by atoms with E-state index in [1.165, 1.54) is 4.90 Å². The normalized spacial score (nSPS) is 12.5. The average Bonchev–Trinajstić information content (AvgIpc) is 2.43. The number of rotatable bonds is 0. The predicted octanol–water partition coefficient (Wildman–Crippen LogP) is 4.41. The van der Waals surface area contributed by atoms with Crippen molar-refractivity contribution >= 4 is 34.3 Å². The molecule has 1 aliphatic heterocycles. The molecule has 0 saturated carbocycles. The van der Waals surface area contributed by atoms with Crippen molar-refractivity contribution in [3.8, 4) is 11.3 Å². The Morgan fingerprint density at radius 1 is 1.00 bits per heavy atom. The fourth-order valence-corrected chi connectivity index (χ4v) is 3.65. The molecule has 0 atom stereocenters. The lowest BCUT2D eigenvalue weighted by Crippen LogP contribution is -1.97. The highest BCUT2D eigenvalue weighted by atomic mass is 35.5. The van der Waals surface area contributed by atoms with E-state index in [0.717, 1.165) is 32.1 Å². The molecule has 0 amide bonds. The molecule has 1 aromatic heterocycles. The highest BCUT2D eigenvalue weighted by Crippen LogP contribution is 2.48. The number of aromatic nitrogens is 2. The largest absolute Gasteiger partial charge is 0.236 e. The van der Waals surface area contributed by atoms with Crippen LogP contribution < -0.4 is 0 Å². The number of benzene rings is 2. The van der Waals surface area contributed by atoms with Gasteiger partial charge in [0.15, 0.2) is 0 Å².